The molecule has 10 heteroatoms. The molecule has 1 amide bonds. The number of benzene rings is 1. The van der Waals surface area contributed by atoms with E-state index in [0.29, 0.717) is 35.5 Å². The van der Waals surface area contributed by atoms with Crippen molar-refractivity contribution in [2.45, 2.75) is 38.9 Å². The van der Waals surface area contributed by atoms with Crippen LogP contribution in [0.15, 0.2) is 54.9 Å². The predicted octanol–water partition coefficient (Wildman–Crippen LogP) is 4.56. The third kappa shape index (κ3) is 5.05. The van der Waals surface area contributed by atoms with E-state index in [-0.39, 0.29) is 17.0 Å². The molecule has 0 spiro atoms. The molecule has 172 valence electrons. The van der Waals surface area contributed by atoms with Gasteiger partial charge in [0.05, 0.1) is 5.69 Å². The maximum atomic E-state index is 13.8. The molecule has 1 N–H and O–H groups in total. The van der Waals surface area contributed by atoms with E-state index in [9.17, 15) is 18.0 Å². The zero-order valence-corrected chi connectivity index (χ0v) is 18.2. The van der Waals surface area contributed by atoms with Gasteiger partial charge in [0.2, 0.25) is 0 Å². The van der Waals surface area contributed by atoms with Gasteiger partial charge in [0, 0.05) is 37.1 Å². The van der Waals surface area contributed by atoms with E-state index in [1.54, 1.807) is 29.1 Å². The first-order valence-electron chi connectivity index (χ1n) is 10.6. The Labute approximate surface area is 188 Å². The number of fused-ring (bicyclic) bond motifs is 1. The van der Waals surface area contributed by atoms with E-state index >= 15 is 0 Å². The van der Waals surface area contributed by atoms with Gasteiger partial charge in [-0.2, -0.15) is 23.4 Å². The van der Waals surface area contributed by atoms with Crippen molar-refractivity contribution in [3.05, 3.63) is 71.8 Å². The molecule has 7 nitrogen and oxygen atoms in total. The molecule has 0 aliphatic carbocycles. The molecular formula is C23H23F3N6O. The van der Waals surface area contributed by atoms with Crippen LogP contribution in [0.25, 0.3) is 16.9 Å². The molecule has 0 fully saturated rings. The second-order valence-electron chi connectivity index (χ2n) is 7.98. The van der Waals surface area contributed by atoms with Crippen LogP contribution in [0.2, 0.25) is 0 Å². The van der Waals surface area contributed by atoms with Crippen molar-refractivity contribution in [3.63, 3.8) is 0 Å². The quantitative estimate of drug-likeness (QED) is 0.414. The lowest BCUT2D eigenvalue weighted by atomic mass is 10.0. The lowest BCUT2D eigenvalue weighted by Gasteiger charge is -2.11. The molecule has 3 heterocycles. The van der Waals surface area contributed by atoms with Crippen molar-refractivity contribution < 1.29 is 18.0 Å². The number of nitrogens with zero attached hydrogens (tertiary/aromatic N) is 5. The number of alkyl halides is 3. The summed E-state index contributed by atoms with van der Waals surface area (Å²) >= 11 is 0. The number of amides is 1. The number of hydrogen-bond donors (Lipinski definition) is 1. The van der Waals surface area contributed by atoms with Gasteiger partial charge in [-0.25, -0.2) is 9.50 Å². The van der Waals surface area contributed by atoms with E-state index in [1.165, 1.54) is 6.07 Å². The van der Waals surface area contributed by atoms with E-state index < -0.39 is 17.8 Å². The molecule has 3 aromatic heterocycles. The lowest BCUT2D eigenvalue weighted by molar-refractivity contribution is -0.142. The predicted molar refractivity (Wildman–Crippen MR) is 117 cm³/mol. The molecule has 0 saturated heterocycles. The van der Waals surface area contributed by atoms with Gasteiger partial charge in [0.15, 0.2) is 17.0 Å². The summed E-state index contributed by atoms with van der Waals surface area (Å²) in [7, 11) is 0. The number of aromatic nitrogens is 5. The van der Waals surface area contributed by atoms with Crippen LogP contribution in [0, 0.1) is 0 Å². The Bertz CT molecular complexity index is 1240. The summed E-state index contributed by atoms with van der Waals surface area (Å²) in [4.78, 5) is 16.8. The fourth-order valence-electron chi connectivity index (χ4n) is 3.44. The first-order chi connectivity index (χ1) is 15.7. The van der Waals surface area contributed by atoms with Crippen molar-refractivity contribution in [2.75, 3.05) is 6.54 Å². The zero-order chi connectivity index (χ0) is 23.6. The van der Waals surface area contributed by atoms with Crippen LogP contribution < -0.4 is 5.32 Å². The summed E-state index contributed by atoms with van der Waals surface area (Å²) in [5.41, 5.74) is 0.628. The molecule has 0 aliphatic rings. The summed E-state index contributed by atoms with van der Waals surface area (Å²) in [5, 5.41) is 10.6. The van der Waals surface area contributed by atoms with Crippen LogP contribution in [0.1, 0.15) is 47.9 Å². The SMILES string of the molecule is CC(C)c1ccc(-c2cc(C(F)(F)F)n3nc(C(=O)NCCCn4cccn4)cc3n2)cc1. The Hall–Kier alpha value is -3.69. The van der Waals surface area contributed by atoms with Crippen molar-refractivity contribution >= 4 is 11.6 Å². The molecular weight excluding hydrogens is 433 g/mol. The third-order valence-electron chi connectivity index (χ3n) is 5.23. The number of rotatable bonds is 7. The summed E-state index contributed by atoms with van der Waals surface area (Å²) in [6.07, 6.45) is -0.587. The highest BCUT2D eigenvalue weighted by atomic mass is 19.4. The molecule has 0 aliphatic heterocycles. The zero-order valence-electron chi connectivity index (χ0n) is 18.2. The topological polar surface area (TPSA) is 77.1 Å². The van der Waals surface area contributed by atoms with Crippen molar-refractivity contribution in [2.24, 2.45) is 0 Å². The minimum absolute atomic E-state index is 0.0468. The van der Waals surface area contributed by atoms with E-state index in [4.69, 9.17) is 0 Å². The molecule has 0 unspecified atom stereocenters. The van der Waals surface area contributed by atoms with Crippen LogP contribution >= 0.6 is 0 Å². The van der Waals surface area contributed by atoms with Gasteiger partial charge in [-0.15, -0.1) is 0 Å². The Kier molecular flexibility index (Phi) is 6.17. The van der Waals surface area contributed by atoms with Crippen LogP contribution in [0.5, 0.6) is 0 Å². The third-order valence-corrected chi connectivity index (χ3v) is 5.23. The highest BCUT2D eigenvalue weighted by molar-refractivity contribution is 5.93. The highest BCUT2D eigenvalue weighted by Crippen LogP contribution is 2.32. The number of hydrogen-bond acceptors (Lipinski definition) is 4. The molecule has 4 aromatic rings. The van der Waals surface area contributed by atoms with Gasteiger partial charge in [0.25, 0.3) is 5.91 Å². The van der Waals surface area contributed by atoms with Gasteiger partial charge >= 0.3 is 6.18 Å². The lowest BCUT2D eigenvalue weighted by Crippen LogP contribution is -2.26. The van der Waals surface area contributed by atoms with Crippen LogP contribution in [-0.2, 0) is 12.7 Å². The maximum absolute atomic E-state index is 13.8. The Balaban J connectivity index is 1.59. The standard InChI is InChI=1S/C23H23F3N6O/c1-15(2)16-5-7-17(8-6-16)18-13-20(23(24,25)26)32-21(29-18)14-19(30-32)22(33)27-9-3-11-31-12-4-10-28-31/h4-8,10,12-15H,3,9,11H2,1-2H3,(H,27,33). The monoisotopic (exact) mass is 456 g/mol. The molecule has 4 rings (SSSR count). The second kappa shape index (κ2) is 9.05. The van der Waals surface area contributed by atoms with Crippen LogP contribution in [-0.4, -0.2) is 36.8 Å². The number of halogens is 3. The smallest absolute Gasteiger partial charge is 0.351 e. The number of aryl methyl sites for hydroxylation is 1. The van der Waals surface area contributed by atoms with Gasteiger partial charge in [-0.3, -0.25) is 9.48 Å². The fraction of sp³-hybridized carbons (Fsp3) is 0.304. The van der Waals surface area contributed by atoms with Gasteiger partial charge in [0.1, 0.15) is 0 Å². The van der Waals surface area contributed by atoms with Gasteiger partial charge in [-0.1, -0.05) is 38.1 Å². The molecule has 0 atom stereocenters. The summed E-state index contributed by atoms with van der Waals surface area (Å²) in [6, 6.07) is 11.3. The first-order valence-corrected chi connectivity index (χ1v) is 10.6. The van der Waals surface area contributed by atoms with E-state index in [0.717, 1.165) is 11.6 Å². The van der Waals surface area contributed by atoms with Crippen molar-refractivity contribution in [3.8, 4) is 11.3 Å². The average Bonchev–Trinajstić information content (AvgIpc) is 3.45. The maximum Gasteiger partial charge on any atom is 0.433 e. The minimum atomic E-state index is -4.67. The van der Waals surface area contributed by atoms with Gasteiger partial charge in [-0.05, 0) is 30.0 Å². The Morgan fingerprint density at radius 2 is 1.91 bits per heavy atom. The molecule has 0 saturated carbocycles. The van der Waals surface area contributed by atoms with E-state index in [1.807, 2.05) is 32.2 Å². The Morgan fingerprint density at radius 1 is 1.15 bits per heavy atom. The van der Waals surface area contributed by atoms with Crippen molar-refractivity contribution in [1.82, 2.24) is 29.7 Å². The molecule has 1 aromatic carbocycles. The number of carbonyl (C=O) groups excluding carboxylic acids is 1. The average molecular weight is 456 g/mol. The van der Waals surface area contributed by atoms with Crippen molar-refractivity contribution in [1.29, 1.82) is 0 Å². The minimum Gasteiger partial charge on any atom is -0.351 e. The fourth-order valence-corrected chi connectivity index (χ4v) is 3.44. The van der Waals surface area contributed by atoms with Gasteiger partial charge < -0.3 is 5.32 Å². The summed E-state index contributed by atoms with van der Waals surface area (Å²) in [5.74, 6) is -0.257. The summed E-state index contributed by atoms with van der Waals surface area (Å²) < 4.78 is 43.7. The summed E-state index contributed by atoms with van der Waals surface area (Å²) in [6.45, 7) is 5.02. The van der Waals surface area contributed by atoms with E-state index in [2.05, 4.69) is 20.5 Å². The number of carbonyl (C=O) groups is 1. The molecule has 33 heavy (non-hydrogen) atoms. The molecule has 0 radical (unpaired) electrons. The normalized spacial score (nSPS) is 11.9. The molecule has 0 bridgehead atoms. The second-order valence-corrected chi connectivity index (χ2v) is 7.98. The first kappa shape index (κ1) is 22.5. The largest absolute Gasteiger partial charge is 0.433 e. The number of nitrogens with one attached hydrogen (secondary N) is 1. The highest BCUT2D eigenvalue weighted by Gasteiger charge is 2.35. The van der Waals surface area contributed by atoms with Crippen LogP contribution in [0.4, 0.5) is 13.2 Å². The Morgan fingerprint density at radius 3 is 2.55 bits per heavy atom. The van der Waals surface area contributed by atoms with Crippen LogP contribution in [0.3, 0.4) is 0 Å².